The topological polar surface area (TPSA) is 57.8 Å². The summed E-state index contributed by atoms with van der Waals surface area (Å²) < 4.78 is 13.2. The summed E-state index contributed by atoms with van der Waals surface area (Å²) in [6.07, 6.45) is 0. The molecule has 0 unspecified atom stereocenters. The van der Waals surface area contributed by atoms with Crippen molar-refractivity contribution in [3.8, 4) is 0 Å². The predicted molar refractivity (Wildman–Crippen MR) is 79.9 cm³/mol. The Kier molecular flexibility index (Phi) is 3.17. The van der Waals surface area contributed by atoms with E-state index in [0.29, 0.717) is 16.8 Å². The number of aryl methyl sites for hydroxylation is 2. The number of amides is 1. The average molecular weight is 283 g/mol. The standard InChI is InChI=1S/C16H14FN3O/c1-9-7-11(3-5-13(9)17)16(21)20-12-4-6-14-15(8-12)19-10(2)18-14/h3-8H,1-2H3,(H,18,19)(H,20,21). The number of carbonyl (C=O) groups is 1. The van der Waals surface area contributed by atoms with Crippen LogP contribution in [0.4, 0.5) is 10.1 Å². The van der Waals surface area contributed by atoms with E-state index >= 15 is 0 Å². The van der Waals surface area contributed by atoms with Crippen LogP contribution in [0.1, 0.15) is 21.7 Å². The van der Waals surface area contributed by atoms with Crippen molar-refractivity contribution in [2.45, 2.75) is 13.8 Å². The van der Waals surface area contributed by atoms with Gasteiger partial charge in [0.15, 0.2) is 0 Å². The molecule has 1 heterocycles. The number of hydrogen-bond donors (Lipinski definition) is 2. The third kappa shape index (κ3) is 2.63. The predicted octanol–water partition coefficient (Wildman–Crippen LogP) is 3.57. The second-order valence-electron chi connectivity index (χ2n) is 4.97. The zero-order chi connectivity index (χ0) is 15.0. The molecule has 1 amide bonds. The van der Waals surface area contributed by atoms with Gasteiger partial charge in [0.05, 0.1) is 11.0 Å². The first kappa shape index (κ1) is 13.3. The van der Waals surface area contributed by atoms with Crippen molar-refractivity contribution < 1.29 is 9.18 Å². The lowest BCUT2D eigenvalue weighted by atomic mass is 10.1. The number of fused-ring (bicyclic) bond motifs is 1. The van der Waals surface area contributed by atoms with E-state index in [0.717, 1.165) is 16.9 Å². The molecule has 2 aromatic carbocycles. The maximum Gasteiger partial charge on any atom is 0.255 e. The molecule has 21 heavy (non-hydrogen) atoms. The Morgan fingerprint density at radius 3 is 2.76 bits per heavy atom. The van der Waals surface area contributed by atoms with Gasteiger partial charge in [-0.15, -0.1) is 0 Å². The van der Waals surface area contributed by atoms with Crippen molar-refractivity contribution in [1.82, 2.24) is 9.97 Å². The number of H-pyrrole nitrogens is 1. The van der Waals surface area contributed by atoms with Crippen molar-refractivity contribution in [2.75, 3.05) is 5.32 Å². The molecular weight excluding hydrogens is 269 g/mol. The summed E-state index contributed by atoms with van der Waals surface area (Å²) in [6.45, 7) is 3.51. The van der Waals surface area contributed by atoms with E-state index in [4.69, 9.17) is 0 Å². The summed E-state index contributed by atoms with van der Waals surface area (Å²) in [5.41, 5.74) is 3.25. The summed E-state index contributed by atoms with van der Waals surface area (Å²) in [7, 11) is 0. The van der Waals surface area contributed by atoms with Crippen LogP contribution in [-0.2, 0) is 0 Å². The lowest BCUT2D eigenvalue weighted by molar-refractivity contribution is 0.102. The molecule has 106 valence electrons. The van der Waals surface area contributed by atoms with Crippen LogP contribution in [0.3, 0.4) is 0 Å². The largest absolute Gasteiger partial charge is 0.342 e. The minimum absolute atomic E-state index is 0.270. The average Bonchev–Trinajstić information content (AvgIpc) is 2.81. The summed E-state index contributed by atoms with van der Waals surface area (Å²) in [6, 6.07) is 9.75. The van der Waals surface area contributed by atoms with Crippen molar-refractivity contribution in [3.05, 3.63) is 59.2 Å². The maximum atomic E-state index is 13.2. The van der Waals surface area contributed by atoms with E-state index in [9.17, 15) is 9.18 Å². The van der Waals surface area contributed by atoms with Gasteiger partial charge in [-0.25, -0.2) is 9.37 Å². The molecule has 0 bridgehead atoms. The molecule has 2 N–H and O–H groups in total. The van der Waals surface area contributed by atoms with Crippen molar-refractivity contribution in [2.24, 2.45) is 0 Å². The van der Waals surface area contributed by atoms with Gasteiger partial charge in [-0.2, -0.15) is 0 Å². The third-order valence-corrected chi connectivity index (χ3v) is 3.28. The van der Waals surface area contributed by atoms with Crippen molar-refractivity contribution >= 4 is 22.6 Å². The van der Waals surface area contributed by atoms with Gasteiger partial charge in [0.1, 0.15) is 11.6 Å². The Labute approximate surface area is 121 Å². The number of nitrogens with zero attached hydrogens (tertiary/aromatic N) is 1. The van der Waals surface area contributed by atoms with Crippen LogP contribution >= 0.6 is 0 Å². The lowest BCUT2D eigenvalue weighted by Crippen LogP contribution is -2.12. The smallest absolute Gasteiger partial charge is 0.255 e. The second-order valence-corrected chi connectivity index (χ2v) is 4.97. The van der Waals surface area contributed by atoms with Gasteiger partial charge < -0.3 is 10.3 Å². The van der Waals surface area contributed by atoms with Crippen LogP contribution < -0.4 is 5.32 Å². The van der Waals surface area contributed by atoms with E-state index in [1.54, 1.807) is 13.0 Å². The zero-order valence-corrected chi connectivity index (χ0v) is 11.7. The van der Waals surface area contributed by atoms with Crippen LogP contribution in [0.25, 0.3) is 11.0 Å². The van der Waals surface area contributed by atoms with Crippen LogP contribution in [0.15, 0.2) is 36.4 Å². The maximum absolute atomic E-state index is 13.2. The van der Waals surface area contributed by atoms with E-state index < -0.39 is 0 Å². The van der Waals surface area contributed by atoms with Gasteiger partial charge in [0.25, 0.3) is 5.91 Å². The highest BCUT2D eigenvalue weighted by Gasteiger charge is 2.09. The second kappa shape index (κ2) is 5.01. The Bertz CT molecular complexity index is 839. The van der Waals surface area contributed by atoms with Gasteiger partial charge in [0.2, 0.25) is 0 Å². The van der Waals surface area contributed by atoms with E-state index in [2.05, 4.69) is 15.3 Å². The quantitative estimate of drug-likeness (QED) is 0.755. The summed E-state index contributed by atoms with van der Waals surface area (Å²) in [5, 5.41) is 2.80. The van der Waals surface area contributed by atoms with Crippen molar-refractivity contribution in [3.63, 3.8) is 0 Å². The summed E-state index contributed by atoms with van der Waals surface area (Å²) in [5.74, 6) is 0.234. The molecule has 0 radical (unpaired) electrons. The molecule has 0 aliphatic carbocycles. The number of nitrogens with one attached hydrogen (secondary N) is 2. The lowest BCUT2D eigenvalue weighted by Gasteiger charge is -2.06. The molecule has 0 aliphatic rings. The van der Waals surface area contributed by atoms with Gasteiger partial charge >= 0.3 is 0 Å². The van der Waals surface area contributed by atoms with Crippen LogP contribution in [-0.4, -0.2) is 15.9 Å². The molecule has 3 aromatic rings. The van der Waals surface area contributed by atoms with E-state index in [1.165, 1.54) is 18.2 Å². The molecule has 0 saturated carbocycles. The number of carbonyl (C=O) groups excluding carboxylic acids is 1. The highest BCUT2D eigenvalue weighted by atomic mass is 19.1. The Morgan fingerprint density at radius 2 is 2.00 bits per heavy atom. The molecule has 0 aliphatic heterocycles. The minimum atomic E-state index is -0.319. The molecule has 0 spiro atoms. The summed E-state index contributed by atoms with van der Waals surface area (Å²) in [4.78, 5) is 19.6. The first-order chi connectivity index (χ1) is 10.0. The molecule has 0 atom stereocenters. The first-order valence-electron chi connectivity index (χ1n) is 6.57. The number of rotatable bonds is 2. The molecule has 3 rings (SSSR count). The fourth-order valence-electron chi connectivity index (χ4n) is 2.20. The SMILES string of the molecule is Cc1nc2ccc(NC(=O)c3ccc(F)c(C)c3)cc2[nH]1. The number of anilines is 1. The highest BCUT2D eigenvalue weighted by Crippen LogP contribution is 2.18. The van der Waals surface area contributed by atoms with E-state index in [-0.39, 0.29) is 11.7 Å². The Balaban J connectivity index is 1.86. The van der Waals surface area contributed by atoms with Crippen molar-refractivity contribution in [1.29, 1.82) is 0 Å². The van der Waals surface area contributed by atoms with Crippen LogP contribution in [0.5, 0.6) is 0 Å². The molecule has 0 saturated heterocycles. The minimum Gasteiger partial charge on any atom is -0.342 e. The molecule has 4 nitrogen and oxygen atoms in total. The number of benzene rings is 2. The summed E-state index contributed by atoms with van der Waals surface area (Å²) >= 11 is 0. The molecular formula is C16H14FN3O. The Morgan fingerprint density at radius 1 is 1.19 bits per heavy atom. The zero-order valence-electron chi connectivity index (χ0n) is 11.7. The van der Waals surface area contributed by atoms with Crippen LogP contribution in [0.2, 0.25) is 0 Å². The number of halogens is 1. The highest BCUT2D eigenvalue weighted by molar-refractivity contribution is 6.05. The normalized spacial score (nSPS) is 10.8. The fourth-order valence-corrected chi connectivity index (χ4v) is 2.20. The molecule has 0 fully saturated rings. The molecule has 5 heteroatoms. The number of aromatic amines is 1. The van der Waals surface area contributed by atoms with Gasteiger partial charge in [0, 0.05) is 11.3 Å². The van der Waals surface area contributed by atoms with Gasteiger partial charge in [-0.05, 0) is 55.8 Å². The monoisotopic (exact) mass is 283 g/mol. The fraction of sp³-hybridized carbons (Fsp3) is 0.125. The Hall–Kier alpha value is -2.69. The number of aromatic nitrogens is 2. The van der Waals surface area contributed by atoms with E-state index in [1.807, 2.05) is 19.1 Å². The molecule has 1 aromatic heterocycles. The van der Waals surface area contributed by atoms with Gasteiger partial charge in [-0.3, -0.25) is 4.79 Å². The number of imidazole rings is 1. The number of hydrogen-bond acceptors (Lipinski definition) is 2. The van der Waals surface area contributed by atoms with Gasteiger partial charge in [-0.1, -0.05) is 0 Å². The third-order valence-electron chi connectivity index (χ3n) is 3.28. The van der Waals surface area contributed by atoms with Crippen LogP contribution in [0, 0.1) is 19.7 Å². The first-order valence-corrected chi connectivity index (χ1v) is 6.57.